The molecule has 204 valence electrons. The van der Waals surface area contributed by atoms with Crippen molar-refractivity contribution in [2.75, 3.05) is 20.2 Å². The maximum atomic E-state index is 13.2. The van der Waals surface area contributed by atoms with E-state index in [4.69, 9.17) is 9.26 Å². The summed E-state index contributed by atoms with van der Waals surface area (Å²) in [4.78, 5) is 22.1. The molecule has 5 rings (SSSR count). The maximum Gasteiger partial charge on any atom is 0.227 e. The van der Waals surface area contributed by atoms with E-state index in [0.29, 0.717) is 13.0 Å². The Hall–Kier alpha value is -3.71. The minimum atomic E-state index is 0.153. The molecule has 0 bridgehead atoms. The van der Waals surface area contributed by atoms with Gasteiger partial charge in [-0.1, -0.05) is 41.6 Å². The van der Waals surface area contributed by atoms with Crippen LogP contribution in [0.5, 0.6) is 5.75 Å². The molecule has 1 aliphatic rings. The van der Waals surface area contributed by atoms with Crippen LogP contribution < -0.4 is 4.74 Å². The number of aryl methyl sites for hydroxylation is 2. The smallest absolute Gasteiger partial charge is 0.227 e. The zero-order valence-electron chi connectivity index (χ0n) is 23.2. The second-order valence-corrected chi connectivity index (χ2v) is 10.7. The van der Waals surface area contributed by atoms with Crippen LogP contribution in [0.3, 0.4) is 0 Å². The molecular weight excluding hydrogens is 488 g/mol. The van der Waals surface area contributed by atoms with Gasteiger partial charge >= 0.3 is 0 Å². The minimum absolute atomic E-state index is 0.153. The van der Waals surface area contributed by atoms with Crippen molar-refractivity contribution in [2.45, 2.75) is 65.1 Å². The number of ether oxygens (including phenoxy) is 1. The van der Waals surface area contributed by atoms with Crippen LogP contribution in [0.4, 0.5) is 0 Å². The Kier molecular flexibility index (Phi) is 8.57. The van der Waals surface area contributed by atoms with Crippen molar-refractivity contribution in [1.29, 1.82) is 0 Å². The number of pyridine rings is 1. The summed E-state index contributed by atoms with van der Waals surface area (Å²) in [6.07, 6.45) is 6.25. The predicted molar refractivity (Wildman–Crippen MR) is 153 cm³/mol. The van der Waals surface area contributed by atoms with E-state index < -0.39 is 0 Å². The Bertz CT molecular complexity index is 1390. The van der Waals surface area contributed by atoms with E-state index in [-0.39, 0.29) is 11.9 Å². The van der Waals surface area contributed by atoms with Crippen LogP contribution in [-0.2, 0) is 24.3 Å². The van der Waals surface area contributed by atoms with Gasteiger partial charge < -0.3 is 14.2 Å². The molecule has 1 aliphatic heterocycles. The lowest BCUT2D eigenvalue weighted by atomic mass is 9.98. The highest BCUT2D eigenvalue weighted by Crippen LogP contribution is 2.24. The molecule has 3 heterocycles. The number of aromatic nitrogens is 2. The van der Waals surface area contributed by atoms with Crippen molar-refractivity contribution in [2.24, 2.45) is 0 Å². The van der Waals surface area contributed by atoms with Crippen molar-refractivity contribution in [3.8, 4) is 5.75 Å². The molecule has 7 nitrogen and oxygen atoms in total. The van der Waals surface area contributed by atoms with Gasteiger partial charge in [-0.25, -0.2) is 0 Å². The molecule has 2 aromatic heterocycles. The van der Waals surface area contributed by atoms with Crippen LogP contribution in [0.15, 0.2) is 65.3 Å². The topological polar surface area (TPSA) is 71.7 Å². The lowest BCUT2D eigenvalue weighted by Crippen LogP contribution is -2.45. The lowest BCUT2D eigenvalue weighted by molar-refractivity contribution is -0.134. The van der Waals surface area contributed by atoms with Gasteiger partial charge in [0.25, 0.3) is 0 Å². The fourth-order valence-electron chi connectivity index (χ4n) is 5.64. The summed E-state index contributed by atoms with van der Waals surface area (Å²) >= 11 is 0. The minimum Gasteiger partial charge on any atom is -0.494 e. The molecule has 1 atom stereocenters. The van der Waals surface area contributed by atoms with Gasteiger partial charge in [0.1, 0.15) is 11.5 Å². The third-order valence-corrected chi connectivity index (χ3v) is 7.68. The first-order valence-electron chi connectivity index (χ1n) is 13.9. The van der Waals surface area contributed by atoms with E-state index in [9.17, 15) is 4.79 Å². The molecule has 0 N–H and O–H groups in total. The van der Waals surface area contributed by atoms with Gasteiger partial charge in [-0.2, -0.15) is 0 Å². The number of para-hydroxylation sites is 1. The monoisotopic (exact) mass is 526 g/mol. The summed E-state index contributed by atoms with van der Waals surface area (Å²) in [5.74, 6) is 1.76. The molecule has 0 aliphatic carbocycles. The van der Waals surface area contributed by atoms with Crippen molar-refractivity contribution < 1.29 is 14.1 Å². The molecular formula is C32H38N4O3. The summed E-state index contributed by atoms with van der Waals surface area (Å²) in [6, 6.07) is 19.0. The van der Waals surface area contributed by atoms with Crippen LogP contribution >= 0.6 is 0 Å². The number of rotatable bonds is 10. The molecule has 0 saturated carbocycles. The van der Waals surface area contributed by atoms with Gasteiger partial charge in [-0.15, -0.1) is 0 Å². The van der Waals surface area contributed by atoms with E-state index in [1.165, 1.54) is 16.5 Å². The van der Waals surface area contributed by atoms with E-state index >= 15 is 0 Å². The summed E-state index contributed by atoms with van der Waals surface area (Å²) in [5, 5.41) is 5.17. The first-order valence-corrected chi connectivity index (χ1v) is 13.9. The predicted octanol–water partition coefficient (Wildman–Crippen LogP) is 5.86. The van der Waals surface area contributed by atoms with Crippen molar-refractivity contribution in [1.82, 2.24) is 19.9 Å². The Morgan fingerprint density at radius 1 is 1.10 bits per heavy atom. The summed E-state index contributed by atoms with van der Waals surface area (Å²) in [5.41, 5.74) is 5.21. The SMILES string of the molecule is Cc1noc(C)c1CC(=O)N1CCCC[C@H]1CCOc1cccc(CN(C)Cc2cccc3cccnc23)c1. The van der Waals surface area contributed by atoms with Crippen molar-refractivity contribution >= 4 is 16.8 Å². The molecule has 1 amide bonds. The number of fused-ring (bicyclic) bond motifs is 1. The second-order valence-electron chi connectivity index (χ2n) is 10.7. The Labute approximate surface area is 230 Å². The van der Waals surface area contributed by atoms with Crippen LogP contribution in [0, 0.1) is 13.8 Å². The van der Waals surface area contributed by atoms with Gasteiger partial charge in [0, 0.05) is 49.2 Å². The first kappa shape index (κ1) is 26.9. The number of hydrogen-bond donors (Lipinski definition) is 0. The van der Waals surface area contributed by atoms with Gasteiger partial charge in [0.2, 0.25) is 5.91 Å². The van der Waals surface area contributed by atoms with Gasteiger partial charge in [-0.3, -0.25) is 14.7 Å². The van der Waals surface area contributed by atoms with E-state index in [1.807, 2.05) is 37.1 Å². The average molecular weight is 527 g/mol. The highest BCUT2D eigenvalue weighted by Gasteiger charge is 2.28. The van der Waals surface area contributed by atoms with Crippen LogP contribution in [0.1, 0.15) is 53.8 Å². The number of hydrogen-bond acceptors (Lipinski definition) is 6. The van der Waals surface area contributed by atoms with Crippen molar-refractivity contribution in [3.05, 3.63) is 88.9 Å². The molecule has 1 fully saturated rings. The van der Waals surface area contributed by atoms with E-state index in [2.05, 4.69) is 64.6 Å². The number of nitrogens with zero attached hydrogens (tertiary/aromatic N) is 4. The van der Waals surface area contributed by atoms with Crippen LogP contribution in [0.2, 0.25) is 0 Å². The summed E-state index contributed by atoms with van der Waals surface area (Å²) in [6.45, 7) is 6.79. The highest BCUT2D eigenvalue weighted by molar-refractivity contribution is 5.81. The normalized spacial score (nSPS) is 15.7. The molecule has 7 heteroatoms. The van der Waals surface area contributed by atoms with Crippen molar-refractivity contribution in [3.63, 3.8) is 0 Å². The third-order valence-electron chi connectivity index (χ3n) is 7.68. The van der Waals surface area contributed by atoms with E-state index in [0.717, 1.165) is 73.6 Å². The quantitative estimate of drug-likeness (QED) is 0.258. The van der Waals surface area contributed by atoms with Gasteiger partial charge in [0.05, 0.1) is 24.2 Å². The van der Waals surface area contributed by atoms with Gasteiger partial charge in [0.15, 0.2) is 0 Å². The zero-order chi connectivity index (χ0) is 27.2. The molecule has 2 aromatic carbocycles. The Balaban J connectivity index is 1.14. The van der Waals surface area contributed by atoms with E-state index in [1.54, 1.807) is 0 Å². The number of likely N-dealkylation sites (tertiary alicyclic amines) is 1. The Morgan fingerprint density at radius 3 is 2.79 bits per heavy atom. The molecule has 0 spiro atoms. The number of amides is 1. The van der Waals surface area contributed by atoms with Crippen LogP contribution in [0.25, 0.3) is 10.9 Å². The molecule has 1 saturated heterocycles. The fraction of sp³-hybridized carbons (Fsp3) is 0.406. The molecule has 4 aromatic rings. The molecule has 0 unspecified atom stereocenters. The number of piperidine rings is 1. The number of carbonyl (C=O) groups excluding carboxylic acids is 1. The summed E-state index contributed by atoms with van der Waals surface area (Å²) in [7, 11) is 2.13. The Morgan fingerprint density at radius 2 is 1.95 bits per heavy atom. The lowest BCUT2D eigenvalue weighted by Gasteiger charge is -2.36. The van der Waals surface area contributed by atoms with Crippen LogP contribution in [-0.4, -0.2) is 52.1 Å². The average Bonchev–Trinajstić information content (AvgIpc) is 3.26. The number of benzene rings is 2. The third kappa shape index (κ3) is 6.66. The second kappa shape index (κ2) is 12.4. The zero-order valence-corrected chi connectivity index (χ0v) is 23.2. The summed E-state index contributed by atoms with van der Waals surface area (Å²) < 4.78 is 11.4. The largest absolute Gasteiger partial charge is 0.494 e. The fourth-order valence-corrected chi connectivity index (χ4v) is 5.64. The first-order chi connectivity index (χ1) is 19.0. The maximum absolute atomic E-state index is 13.2. The number of carbonyl (C=O) groups is 1. The molecule has 0 radical (unpaired) electrons. The molecule has 39 heavy (non-hydrogen) atoms. The van der Waals surface area contributed by atoms with Gasteiger partial charge in [-0.05, 0) is 69.5 Å². The standard InChI is InChI=1S/C32H38N4O3/c1-23-30(24(2)39-34-23)20-31(37)36-17-5-4-13-28(36)15-18-38-29-14-6-9-25(19-29)21-35(3)22-27-11-7-10-26-12-8-16-33-32(26)27/h6-12,14,16,19,28H,4-5,13,15,17-18,20-22H2,1-3H3/t28-/m0/s1. The highest BCUT2D eigenvalue weighted by atomic mass is 16.5.